The van der Waals surface area contributed by atoms with E-state index in [1.165, 1.54) is 12.4 Å². The summed E-state index contributed by atoms with van der Waals surface area (Å²) in [7, 11) is 0. The molecule has 10 heavy (non-hydrogen) atoms. The van der Waals surface area contributed by atoms with Gasteiger partial charge in [0.1, 0.15) is 0 Å². The Balaban J connectivity index is 2.69. The van der Waals surface area contributed by atoms with E-state index in [0.29, 0.717) is 6.42 Å². The number of aliphatic hydroxyl groups is 1. The number of rotatable bonds is 2. The first kappa shape index (κ1) is 7.02. The van der Waals surface area contributed by atoms with Gasteiger partial charge in [-0.1, -0.05) is 0 Å². The molecule has 0 aliphatic heterocycles. The molecule has 0 atom stereocenters. The topological polar surface area (TPSA) is 47.2 Å². The van der Waals surface area contributed by atoms with Crippen LogP contribution in [0.4, 0.5) is 0 Å². The van der Waals surface area contributed by atoms with E-state index < -0.39 is 0 Å². The van der Waals surface area contributed by atoms with Crippen molar-refractivity contribution in [3.05, 3.63) is 35.3 Å². The molecule has 1 heterocycles. The molecule has 1 N–H and O–H groups in total. The molecule has 0 aromatic carbocycles. The van der Waals surface area contributed by atoms with Crippen LogP contribution in [0.2, 0.25) is 0 Å². The third kappa shape index (κ3) is 1.70. The fourth-order valence-electron chi connectivity index (χ4n) is 0.739. The average Bonchev–Trinajstić information content (AvgIpc) is 1.95. The maximum atomic E-state index is 10.5. The molecule has 1 rings (SSSR count). The van der Waals surface area contributed by atoms with Crippen molar-refractivity contribution in [3.63, 3.8) is 0 Å². The average molecular weight is 139 g/mol. The number of hydrogen-bond donors (Lipinski definition) is 1. The molecule has 0 bridgehead atoms. The highest BCUT2D eigenvalue weighted by Gasteiger charge is 1.91. The van der Waals surface area contributed by atoms with E-state index in [9.17, 15) is 5.21 Å². The Bertz CT molecular complexity index is 195. The smallest absolute Gasteiger partial charge is 0.180 e. The van der Waals surface area contributed by atoms with Gasteiger partial charge in [0.25, 0.3) is 0 Å². The van der Waals surface area contributed by atoms with Crippen LogP contribution < -0.4 is 4.73 Å². The lowest BCUT2D eigenvalue weighted by Crippen LogP contribution is -2.23. The van der Waals surface area contributed by atoms with Crippen molar-refractivity contribution in [1.82, 2.24) is 0 Å². The Kier molecular flexibility index (Phi) is 2.23. The summed E-state index contributed by atoms with van der Waals surface area (Å²) in [6.07, 6.45) is 3.46. The van der Waals surface area contributed by atoms with E-state index in [1.54, 1.807) is 12.1 Å². The number of aliphatic hydroxyl groups excluding tert-OH is 1. The quantitative estimate of drug-likeness (QED) is 0.457. The zero-order chi connectivity index (χ0) is 7.40. The van der Waals surface area contributed by atoms with Gasteiger partial charge in [0.2, 0.25) is 0 Å². The zero-order valence-electron chi connectivity index (χ0n) is 5.53. The summed E-state index contributed by atoms with van der Waals surface area (Å²) in [5.74, 6) is 0. The minimum atomic E-state index is 0.128. The molecule has 0 amide bonds. The van der Waals surface area contributed by atoms with Crippen LogP contribution in [0.15, 0.2) is 24.5 Å². The molecule has 3 nitrogen and oxygen atoms in total. The van der Waals surface area contributed by atoms with E-state index in [4.69, 9.17) is 5.11 Å². The molecule has 0 aliphatic carbocycles. The molecule has 0 fully saturated rings. The largest absolute Gasteiger partial charge is 0.619 e. The number of hydrogen-bond acceptors (Lipinski definition) is 2. The molecule has 0 radical (unpaired) electrons. The van der Waals surface area contributed by atoms with Crippen molar-refractivity contribution >= 4 is 0 Å². The van der Waals surface area contributed by atoms with Crippen LogP contribution in [0.1, 0.15) is 5.56 Å². The Morgan fingerprint density at radius 1 is 1.40 bits per heavy atom. The molecule has 0 saturated carbocycles. The molecule has 1 aromatic rings. The van der Waals surface area contributed by atoms with Crippen LogP contribution in [0, 0.1) is 5.21 Å². The third-order valence-corrected chi connectivity index (χ3v) is 1.27. The van der Waals surface area contributed by atoms with Crippen LogP contribution >= 0.6 is 0 Å². The highest BCUT2D eigenvalue weighted by molar-refractivity contribution is 5.07. The van der Waals surface area contributed by atoms with Crippen molar-refractivity contribution < 1.29 is 9.84 Å². The van der Waals surface area contributed by atoms with E-state index in [-0.39, 0.29) is 6.61 Å². The van der Waals surface area contributed by atoms with Gasteiger partial charge in [0.05, 0.1) is 0 Å². The van der Waals surface area contributed by atoms with Gasteiger partial charge in [-0.15, -0.1) is 0 Å². The summed E-state index contributed by atoms with van der Waals surface area (Å²) in [6.45, 7) is 0.128. The standard InChI is InChI=1S/C7H9NO2/c9-6-3-7-1-4-8(10)5-2-7/h1-2,4-5,9H,3,6H2. The maximum Gasteiger partial charge on any atom is 0.180 e. The van der Waals surface area contributed by atoms with E-state index in [1.807, 2.05) is 0 Å². The first-order valence-corrected chi connectivity index (χ1v) is 3.11. The van der Waals surface area contributed by atoms with Gasteiger partial charge >= 0.3 is 0 Å². The summed E-state index contributed by atoms with van der Waals surface area (Å²) in [6, 6.07) is 3.40. The van der Waals surface area contributed by atoms with Crippen LogP contribution in [-0.4, -0.2) is 11.7 Å². The minimum absolute atomic E-state index is 0.128. The Morgan fingerprint density at radius 2 is 2.00 bits per heavy atom. The number of nitrogens with zero attached hydrogens (tertiary/aromatic N) is 1. The molecular weight excluding hydrogens is 130 g/mol. The highest BCUT2D eigenvalue weighted by atomic mass is 16.5. The number of aromatic nitrogens is 1. The van der Waals surface area contributed by atoms with Crippen molar-refractivity contribution in [3.8, 4) is 0 Å². The van der Waals surface area contributed by atoms with Gasteiger partial charge < -0.3 is 10.3 Å². The number of pyridine rings is 1. The normalized spacial score (nSPS) is 9.70. The van der Waals surface area contributed by atoms with Gasteiger partial charge in [-0.3, -0.25) is 0 Å². The second-order valence-corrected chi connectivity index (χ2v) is 2.04. The molecule has 54 valence electrons. The molecular formula is C7H9NO2. The fourth-order valence-corrected chi connectivity index (χ4v) is 0.739. The predicted octanol–water partition coefficient (Wildman–Crippen LogP) is -0.145. The van der Waals surface area contributed by atoms with Gasteiger partial charge in [0.15, 0.2) is 12.4 Å². The first-order chi connectivity index (χ1) is 4.83. The molecule has 3 heteroatoms. The molecule has 1 aromatic heterocycles. The zero-order valence-corrected chi connectivity index (χ0v) is 5.53. The fraction of sp³-hybridized carbons (Fsp3) is 0.286. The summed E-state index contributed by atoms with van der Waals surface area (Å²) in [5, 5.41) is 19.0. The van der Waals surface area contributed by atoms with E-state index >= 15 is 0 Å². The van der Waals surface area contributed by atoms with Crippen LogP contribution in [0.25, 0.3) is 0 Å². The Morgan fingerprint density at radius 3 is 2.50 bits per heavy atom. The summed E-state index contributed by atoms with van der Waals surface area (Å²) in [4.78, 5) is 0. The maximum absolute atomic E-state index is 10.5. The lowest BCUT2D eigenvalue weighted by molar-refractivity contribution is -0.605. The van der Waals surface area contributed by atoms with Gasteiger partial charge in [-0.25, -0.2) is 0 Å². The van der Waals surface area contributed by atoms with E-state index in [0.717, 1.165) is 10.3 Å². The molecule has 0 unspecified atom stereocenters. The van der Waals surface area contributed by atoms with Crippen LogP contribution in [0.3, 0.4) is 0 Å². The second-order valence-electron chi connectivity index (χ2n) is 2.04. The van der Waals surface area contributed by atoms with Gasteiger partial charge in [-0.05, 0) is 12.0 Å². The molecule has 0 aliphatic rings. The Hall–Kier alpha value is -1.09. The molecule has 0 saturated heterocycles. The monoisotopic (exact) mass is 139 g/mol. The van der Waals surface area contributed by atoms with Crippen molar-refractivity contribution in [2.45, 2.75) is 6.42 Å². The highest BCUT2D eigenvalue weighted by Crippen LogP contribution is 1.94. The van der Waals surface area contributed by atoms with Crippen molar-refractivity contribution in [2.75, 3.05) is 6.61 Å². The third-order valence-electron chi connectivity index (χ3n) is 1.27. The molecule has 0 spiro atoms. The van der Waals surface area contributed by atoms with Crippen molar-refractivity contribution in [1.29, 1.82) is 0 Å². The predicted molar refractivity (Wildman–Crippen MR) is 36.2 cm³/mol. The summed E-state index contributed by atoms with van der Waals surface area (Å²) < 4.78 is 0.723. The lowest BCUT2D eigenvalue weighted by atomic mass is 10.2. The first-order valence-electron chi connectivity index (χ1n) is 3.11. The summed E-state index contributed by atoms with van der Waals surface area (Å²) >= 11 is 0. The van der Waals surface area contributed by atoms with Crippen LogP contribution in [0.5, 0.6) is 0 Å². The van der Waals surface area contributed by atoms with Crippen molar-refractivity contribution in [2.24, 2.45) is 0 Å². The van der Waals surface area contributed by atoms with Crippen LogP contribution in [-0.2, 0) is 6.42 Å². The Labute approximate surface area is 59.1 Å². The lowest BCUT2D eigenvalue weighted by Gasteiger charge is -1.96. The van der Waals surface area contributed by atoms with Gasteiger partial charge in [-0.2, -0.15) is 4.73 Å². The SMILES string of the molecule is [O-][n+]1ccc(CCO)cc1. The van der Waals surface area contributed by atoms with Gasteiger partial charge in [0, 0.05) is 18.7 Å². The minimum Gasteiger partial charge on any atom is -0.619 e. The summed E-state index contributed by atoms with van der Waals surface area (Å²) in [5.41, 5.74) is 0.981. The van der Waals surface area contributed by atoms with E-state index in [2.05, 4.69) is 0 Å². The second kappa shape index (κ2) is 3.17.